The number of aromatic nitrogens is 2. The van der Waals surface area contributed by atoms with Crippen molar-refractivity contribution in [2.45, 2.75) is 0 Å². The SMILES string of the molecule is O=C(c1ccccc1)c1ccc2nc(-c3cc4ccccc4oc3=O)[nH]c2c1. The van der Waals surface area contributed by atoms with Crippen molar-refractivity contribution in [3.8, 4) is 11.4 Å². The van der Waals surface area contributed by atoms with Crippen LogP contribution in [0.25, 0.3) is 33.4 Å². The van der Waals surface area contributed by atoms with Crippen molar-refractivity contribution >= 4 is 27.8 Å². The summed E-state index contributed by atoms with van der Waals surface area (Å²) in [5, 5.41) is 0.817. The van der Waals surface area contributed by atoms with Crippen molar-refractivity contribution in [3.63, 3.8) is 0 Å². The normalized spacial score (nSPS) is 11.1. The molecule has 1 N–H and O–H groups in total. The quantitative estimate of drug-likeness (QED) is 0.375. The first-order chi connectivity index (χ1) is 13.7. The van der Waals surface area contributed by atoms with Crippen LogP contribution in [-0.2, 0) is 0 Å². The molecule has 0 radical (unpaired) electrons. The highest BCUT2D eigenvalue weighted by Gasteiger charge is 2.14. The van der Waals surface area contributed by atoms with Crippen LogP contribution in [-0.4, -0.2) is 15.8 Å². The molecule has 5 nitrogen and oxygen atoms in total. The fraction of sp³-hybridized carbons (Fsp3) is 0. The third kappa shape index (κ3) is 2.70. The van der Waals surface area contributed by atoms with Crippen molar-refractivity contribution in [1.29, 1.82) is 0 Å². The van der Waals surface area contributed by atoms with Crippen LogP contribution in [0.1, 0.15) is 15.9 Å². The summed E-state index contributed by atoms with van der Waals surface area (Å²) < 4.78 is 5.39. The number of hydrogen-bond acceptors (Lipinski definition) is 4. The van der Waals surface area contributed by atoms with Crippen molar-refractivity contribution in [2.24, 2.45) is 0 Å². The highest BCUT2D eigenvalue weighted by atomic mass is 16.4. The fourth-order valence-corrected chi connectivity index (χ4v) is 3.26. The smallest absolute Gasteiger partial charge is 0.347 e. The van der Waals surface area contributed by atoms with Gasteiger partial charge >= 0.3 is 5.63 Å². The Morgan fingerprint density at radius 2 is 1.64 bits per heavy atom. The van der Waals surface area contributed by atoms with Gasteiger partial charge in [-0.3, -0.25) is 4.79 Å². The highest BCUT2D eigenvalue weighted by molar-refractivity contribution is 6.10. The lowest BCUT2D eigenvalue weighted by Crippen LogP contribution is -2.03. The molecular weight excluding hydrogens is 352 g/mol. The molecule has 0 aliphatic heterocycles. The van der Waals surface area contributed by atoms with Gasteiger partial charge in [-0.25, -0.2) is 9.78 Å². The molecule has 5 aromatic rings. The number of carbonyl (C=O) groups excluding carboxylic acids is 1. The molecule has 0 aliphatic rings. The van der Waals surface area contributed by atoms with Gasteiger partial charge in [-0.15, -0.1) is 0 Å². The molecule has 5 heteroatoms. The summed E-state index contributed by atoms with van der Waals surface area (Å²) in [6.45, 7) is 0. The second-order valence-corrected chi connectivity index (χ2v) is 6.50. The van der Waals surface area contributed by atoms with Gasteiger partial charge in [0.05, 0.1) is 11.0 Å². The Hall–Kier alpha value is -3.99. The molecule has 2 aromatic heterocycles. The molecule has 0 atom stereocenters. The minimum Gasteiger partial charge on any atom is -0.422 e. The summed E-state index contributed by atoms with van der Waals surface area (Å²) in [6, 6.07) is 23.5. The van der Waals surface area contributed by atoms with Gasteiger partial charge in [0.25, 0.3) is 0 Å². The van der Waals surface area contributed by atoms with E-state index >= 15 is 0 Å². The van der Waals surface area contributed by atoms with E-state index in [1.165, 1.54) is 0 Å². The minimum absolute atomic E-state index is 0.0659. The number of nitrogens with zero attached hydrogens (tertiary/aromatic N) is 1. The Bertz CT molecular complexity index is 1400. The molecule has 0 spiro atoms. The molecule has 5 rings (SSSR count). The summed E-state index contributed by atoms with van der Waals surface area (Å²) in [7, 11) is 0. The lowest BCUT2D eigenvalue weighted by molar-refractivity contribution is 0.103. The molecule has 0 unspecified atom stereocenters. The third-order valence-electron chi connectivity index (χ3n) is 4.68. The van der Waals surface area contributed by atoms with E-state index in [2.05, 4.69) is 9.97 Å². The van der Waals surface area contributed by atoms with Gasteiger partial charge in [-0.2, -0.15) is 0 Å². The predicted octanol–water partition coefficient (Wildman–Crippen LogP) is 4.57. The molecule has 3 aromatic carbocycles. The third-order valence-corrected chi connectivity index (χ3v) is 4.68. The van der Waals surface area contributed by atoms with Crippen LogP contribution in [0.4, 0.5) is 0 Å². The number of para-hydroxylation sites is 1. The molecular formula is C23H14N2O3. The second-order valence-electron chi connectivity index (χ2n) is 6.50. The first-order valence-electron chi connectivity index (χ1n) is 8.82. The molecule has 28 heavy (non-hydrogen) atoms. The zero-order valence-corrected chi connectivity index (χ0v) is 14.7. The number of nitrogens with one attached hydrogen (secondary N) is 1. The van der Waals surface area contributed by atoms with Gasteiger partial charge < -0.3 is 9.40 Å². The zero-order chi connectivity index (χ0) is 19.1. The number of rotatable bonds is 3. The Kier molecular flexibility index (Phi) is 3.66. The number of aromatic amines is 1. The number of imidazole rings is 1. The van der Waals surface area contributed by atoms with E-state index in [0.717, 1.165) is 5.39 Å². The van der Waals surface area contributed by atoms with E-state index in [4.69, 9.17) is 4.42 Å². The van der Waals surface area contributed by atoms with Crippen molar-refractivity contribution in [2.75, 3.05) is 0 Å². The maximum absolute atomic E-state index is 12.7. The number of fused-ring (bicyclic) bond motifs is 2. The summed E-state index contributed by atoms with van der Waals surface area (Å²) in [5.74, 6) is 0.350. The van der Waals surface area contributed by atoms with Crippen molar-refractivity contribution in [1.82, 2.24) is 9.97 Å². The Morgan fingerprint density at radius 3 is 2.50 bits per heavy atom. The standard InChI is InChI=1S/C23H14N2O3/c26-21(14-6-2-1-3-7-14)16-10-11-18-19(13-16)25-22(24-18)17-12-15-8-4-5-9-20(15)28-23(17)27/h1-13H,(H,24,25). The van der Waals surface area contributed by atoms with Gasteiger partial charge in [0.15, 0.2) is 5.78 Å². The Balaban J connectivity index is 1.60. The summed E-state index contributed by atoms with van der Waals surface area (Å²) in [6.07, 6.45) is 0. The summed E-state index contributed by atoms with van der Waals surface area (Å²) >= 11 is 0. The van der Waals surface area contributed by atoms with Crippen LogP contribution in [0.3, 0.4) is 0 Å². The minimum atomic E-state index is -0.460. The van der Waals surface area contributed by atoms with E-state index < -0.39 is 5.63 Å². The Morgan fingerprint density at radius 1 is 0.857 bits per heavy atom. The average molecular weight is 366 g/mol. The van der Waals surface area contributed by atoms with Gasteiger partial charge in [-0.05, 0) is 30.3 Å². The van der Waals surface area contributed by atoms with Gasteiger partial charge in [0, 0.05) is 16.5 Å². The van der Waals surface area contributed by atoms with E-state index in [9.17, 15) is 9.59 Å². The maximum atomic E-state index is 12.7. The largest absolute Gasteiger partial charge is 0.422 e. The monoisotopic (exact) mass is 366 g/mol. The van der Waals surface area contributed by atoms with Gasteiger partial charge in [-0.1, -0.05) is 48.5 Å². The van der Waals surface area contributed by atoms with Crippen molar-refractivity contribution < 1.29 is 9.21 Å². The van der Waals surface area contributed by atoms with Crippen LogP contribution >= 0.6 is 0 Å². The first-order valence-corrected chi connectivity index (χ1v) is 8.82. The van der Waals surface area contributed by atoms with E-state index in [-0.39, 0.29) is 5.78 Å². The summed E-state index contributed by atoms with van der Waals surface area (Å²) in [5.41, 5.74) is 2.96. The van der Waals surface area contributed by atoms with Gasteiger partial charge in [0.1, 0.15) is 17.0 Å². The second kappa shape index (κ2) is 6.32. The van der Waals surface area contributed by atoms with Gasteiger partial charge in [0.2, 0.25) is 0 Å². The fourth-order valence-electron chi connectivity index (χ4n) is 3.26. The summed E-state index contributed by atoms with van der Waals surface area (Å²) in [4.78, 5) is 32.7. The lowest BCUT2D eigenvalue weighted by atomic mass is 10.0. The number of ketones is 1. The number of benzene rings is 3. The molecule has 0 saturated heterocycles. The zero-order valence-electron chi connectivity index (χ0n) is 14.7. The molecule has 0 amide bonds. The number of H-pyrrole nitrogens is 1. The molecule has 0 saturated carbocycles. The molecule has 134 valence electrons. The lowest BCUT2D eigenvalue weighted by Gasteiger charge is -2.00. The van der Waals surface area contributed by atoms with E-state index in [0.29, 0.717) is 39.1 Å². The van der Waals surface area contributed by atoms with Crippen LogP contribution in [0, 0.1) is 0 Å². The maximum Gasteiger partial charge on any atom is 0.347 e. The highest BCUT2D eigenvalue weighted by Crippen LogP contribution is 2.23. The molecule has 0 fully saturated rings. The van der Waals surface area contributed by atoms with E-state index in [1.807, 2.05) is 36.4 Å². The number of hydrogen-bond donors (Lipinski definition) is 1. The van der Waals surface area contributed by atoms with Crippen LogP contribution < -0.4 is 5.63 Å². The topological polar surface area (TPSA) is 76.0 Å². The van der Waals surface area contributed by atoms with Crippen LogP contribution in [0.5, 0.6) is 0 Å². The predicted molar refractivity (Wildman–Crippen MR) is 107 cm³/mol. The van der Waals surface area contributed by atoms with Crippen LogP contribution in [0.15, 0.2) is 88.1 Å². The molecule has 0 aliphatic carbocycles. The molecule has 0 bridgehead atoms. The first kappa shape index (κ1) is 16.2. The number of carbonyl (C=O) groups is 1. The van der Waals surface area contributed by atoms with Crippen LogP contribution in [0.2, 0.25) is 0 Å². The van der Waals surface area contributed by atoms with E-state index in [1.54, 1.807) is 42.5 Å². The molecule has 2 heterocycles. The Labute approximate surface area is 159 Å². The average Bonchev–Trinajstić information content (AvgIpc) is 3.16. The van der Waals surface area contributed by atoms with Crippen molar-refractivity contribution in [3.05, 3.63) is 100 Å².